The molecule has 4 fully saturated rings. The van der Waals surface area contributed by atoms with E-state index < -0.39 is 70.8 Å². The SMILES string of the molecule is CC(=O)C(=O)Nc1cncc(C(N)=O)c1.C[C@@H]1CC[C@@H](c2ccc3c(c2)CCCN3)N(C(=O)C(=O)Nc2cncc(C(N)=O)c2)C1.C[C@H]1CC[C@H](c2ccc3c(c2)CCCN3)N(C(=O)C(=O)Nc2cncc(C(N)=O)c2)C1.C[C@H]1CC[C@H](c2ccc3c(c2)CCCN3)N(C(=O)C(=O)Nc2cncc(C(N)=O)c2)C1.C[C@H]1CC[C@H](c2ccc3c(c2)CCCN3)NC1. The first-order valence-electron chi connectivity index (χ1n) is 43.0. The van der Waals surface area contributed by atoms with Crippen molar-refractivity contribution in [1.29, 1.82) is 0 Å². The van der Waals surface area contributed by atoms with Crippen molar-refractivity contribution in [3.8, 4) is 0 Å². The number of carbonyl (C=O) groups excluding carboxylic acids is 12. The molecule has 8 aromatic rings. The number of nitrogens with two attached hydrogens (primary N) is 4. The predicted octanol–water partition coefficient (Wildman–Crippen LogP) is 10.2. The van der Waals surface area contributed by atoms with Crippen LogP contribution < -0.4 is 70.8 Å². The van der Waals surface area contributed by atoms with Gasteiger partial charge in [-0.25, -0.2) is 0 Å². The van der Waals surface area contributed by atoms with Gasteiger partial charge in [0.25, 0.3) is 5.91 Å². The van der Waals surface area contributed by atoms with Gasteiger partial charge in [-0.2, -0.15) is 0 Å². The largest absolute Gasteiger partial charge is 0.385 e. The predicted molar refractivity (Wildman–Crippen MR) is 477 cm³/mol. The molecule has 12 heterocycles. The Kier molecular flexibility index (Phi) is 30.9. The van der Waals surface area contributed by atoms with Crippen LogP contribution >= 0.6 is 0 Å². The molecule has 8 atom stereocenters. The number of primary amides is 4. The van der Waals surface area contributed by atoms with E-state index in [-0.39, 0.29) is 63.1 Å². The number of rotatable bonds is 13. The summed E-state index contributed by atoms with van der Waals surface area (Å²) in [6, 6.07) is 31.6. The smallest absolute Gasteiger partial charge is 0.313 e. The summed E-state index contributed by atoms with van der Waals surface area (Å²) in [4.78, 5) is 165. The summed E-state index contributed by atoms with van der Waals surface area (Å²) in [5, 5.41) is 27.3. The number of hydrogen-bond acceptors (Lipinski definition) is 21. The third-order valence-corrected chi connectivity index (χ3v) is 23.7. The van der Waals surface area contributed by atoms with Gasteiger partial charge in [-0.15, -0.1) is 0 Å². The van der Waals surface area contributed by atoms with Crippen molar-refractivity contribution in [1.82, 2.24) is 40.0 Å². The molecule has 0 saturated carbocycles. The van der Waals surface area contributed by atoms with Gasteiger partial charge < -0.3 is 85.5 Å². The van der Waals surface area contributed by atoms with Crippen LogP contribution in [0.15, 0.2) is 147 Å². The van der Waals surface area contributed by atoms with E-state index in [0.29, 0.717) is 43.4 Å². The number of aryl methyl sites for hydroxylation is 4. The number of anilines is 8. The second kappa shape index (κ2) is 42.5. The summed E-state index contributed by atoms with van der Waals surface area (Å²) < 4.78 is 0. The van der Waals surface area contributed by atoms with Crippen molar-refractivity contribution in [2.45, 2.75) is 162 Å². The summed E-state index contributed by atoms with van der Waals surface area (Å²) in [6.07, 6.45) is 27.5. The molecule has 8 aliphatic heterocycles. The van der Waals surface area contributed by atoms with E-state index in [1.165, 1.54) is 140 Å². The van der Waals surface area contributed by atoms with E-state index in [0.717, 1.165) is 150 Å². The van der Waals surface area contributed by atoms with Crippen molar-refractivity contribution in [3.05, 3.63) is 213 Å². The molecule has 656 valence electrons. The molecule has 32 nitrogen and oxygen atoms in total. The van der Waals surface area contributed by atoms with Gasteiger partial charge in [0, 0.05) is 106 Å². The summed E-state index contributed by atoms with van der Waals surface area (Å²) >= 11 is 0. The maximum Gasteiger partial charge on any atom is 0.313 e. The van der Waals surface area contributed by atoms with Gasteiger partial charge in [0.1, 0.15) is 0 Å². The van der Waals surface area contributed by atoms with Crippen molar-refractivity contribution in [3.63, 3.8) is 0 Å². The molecule has 32 heteroatoms. The Morgan fingerprint density at radius 2 is 0.608 bits per heavy atom. The van der Waals surface area contributed by atoms with Crippen LogP contribution in [-0.4, -0.2) is 158 Å². The molecule has 0 spiro atoms. The number of aromatic nitrogens is 4. The third kappa shape index (κ3) is 24.3. The second-order valence-electron chi connectivity index (χ2n) is 33.6. The lowest BCUT2D eigenvalue weighted by molar-refractivity contribution is -0.146. The fourth-order valence-corrected chi connectivity index (χ4v) is 17.0. The standard InChI is InChI=1S/3C23H27N5O3.C15H22N2.C9H9N3O3/c3*1-14-4-7-20(16-5-6-19-15(9-16)3-2-8-26-19)28(13-14)23(31)22(30)27-18-10-17(21(24)29)11-25-12-18;1-11-4-6-15(17-10-11)13-5-7-14-12(9-13)3-2-8-16-14;1-5(13)9(15)12-7-2-6(8(10)14)3-11-4-7/h3*5-6,9-12,14,20,26H,2-4,7-8,13H2,1H3,(H2,24,29)(H,27,30);5,7,9,11,15-17H,2-4,6,8,10H2,1H3;2-4H,1H3,(H2,10,14)(H,12,15)/t3*14-,20+;11-,15+;/m1000./s1. The Labute approximate surface area is 726 Å². The Bertz CT molecular complexity index is 4960. The zero-order chi connectivity index (χ0) is 89.0. The van der Waals surface area contributed by atoms with Crippen molar-refractivity contribution >= 4 is 116 Å². The highest BCUT2D eigenvalue weighted by Gasteiger charge is 2.39. The number of Topliss-reactive ketones (excluding diaryl/α,β-unsaturated/α-hetero) is 1. The van der Waals surface area contributed by atoms with Gasteiger partial charge in [-0.05, 0) is 226 Å². The number of fused-ring (bicyclic) bond motifs is 4. The number of nitrogens with zero attached hydrogens (tertiary/aromatic N) is 7. The Morgan fingerprint density at radius 3 is 0.880 bits per heavy atom. The highest BCUT2D eigenvalue weighted by atomic mass is 16.2. The first kappa shape index (κ1) is 90.7. The molecule has 0 radical (unpaired) electrons. The van der Waals surface area contributed by atoms with Crippen molar-refractivity contribution < 1.29 is 57.5 Å². The van der Waals surface area contributed by atoms with Crippen molar-refractivity contribution in [2.24, 2.45) is 46.6 Å². The van der Waals surface area contributed by atoms with Crippen LogP contribution in [0.2, 0.25) is 0 Å². The van der Waals surface area contributed by atoms with Gasteiger partial charge in [-0.3, -0.25) is 77.5 Å². The first-order valence-corrected chi connectivity index (χ1v) is 43.0. The molecule has 0 aliphatic carbocycles. The van der Waals surface area contributed by atoms with Crippen LogP contribution in [0.4, 0.5) is 45.5 Å². The van der Waals surface area contributed by atoms with E-state index >= 15 is 0 Å². The maximum absolute atomic E-state index is 13.1. The highest BCUT2D eigenvalue weighted by Crippen LogP contribution is 2.41. The molecule has 0 unspecified atom stereocenters. The number of pyridine rings is 4. The molecule has 17 N–H and O–H groups in total. The van der Waals surface area contributed by atoms with Crippen LogP contribution in [0.5, 0.6) is 0 Å². The number of piperidine rings is 4. The van der Waals surface area contributed by atoms with Crippen LogP contribution in [0.25, 0.3) is 0 Å². The Morgan fingerprint density at radius 1 is 0.336 bits per heavy atom. The van der Waals surface area contributed by atoms with Crippen molar-refractivity contribution in [2.75, 3.05) is 94.9 Å². The van der Waals surface area contributed by atoms with E-state index in [4.69, 9.17) is 22.9 Å². The topological polar surface area (TPSA) is 478 Å². The van der Waals surface area contributed by atoms with Crippen LogP contribution in [0.1, 0.15) is 222 Å². The summed E-state index contributed by atoms with van der Waals surface area (Å²) in [6.45, 7) is 16.5. The quantitative estimate of drug-likeness (QED) is 0.0477. The number of ketones is 1. The van der Waals surface area contributed by atoms with E-state index in [1.54, 1.807) is 14.7 Å². The normalized spacial score (nSPS) is 20.1. The Hall–Kier alpha value is -13.5. The molecule has 11 amide bonds. The van der Waals surface area contributed by atoms with E-state index in [1.807, 2.05) is 0 Å². The van der Waals surface area contributed by atoms with Gasteiger partial charge in [0.15, 0.2) is 0 Å². The monoisotopic (exact) mass is 1700 g/mol. The van der Waals surface area contributed by atoms with E-state index in [2.05, 4.69) is 168 Å². The number of hydrogen-bond donors (Lipinski definition) is 13. The molecule has 4 saturated heterocycles. The Balaban J connectivity index is 0.000000146. The van der Waals surface area contributed by atoms with E-state index in [9.17, 15) is 57.5 Å². The molecular weight excluding hydrogens is 1590 g/mol. The molecule has 8 aliphatic rings. The summed E-state index contributed by atoms with van der Waals surface area (Å²) in [5.41, 5.74) is 37.3. The van der Waals surface area contributed by atoms with Gasteiger partial charge in [0.05, 0.1) is 87.9 Å². The van der Waals surface area contributed by atoms with Crippen LogP contribution in [0, 0.1) is 23.7 Å². The molecule has 125 heavy (non-hydrogen) atoms. The van der Waals surface area contributed by atoms with Crippen LogP contribution in [-0.2, 0) is 64.0 Å². The zero-order valence-electron chi connectivity index (χ0n) is 71.3. The molecule has 0 bridgehead atoms. The zero-order valence-corrected chi connectivity index (χ0v) is 71.3. The van der Waals surface area contributed by atoms with Gasteiger partial charge in [0.2, 0.25) is 29.4 Å². The van der Waals surface area contributed by atoms with Gasteiger partial charge >= 0.3 is 35.4 Å². The number of amides is 11. The second-order valence-corrected chi connectivity index (χ2v) is 33.6. The fraction of sp³-hybridized carbons (Fsp3) is 0.398. The van der Waals surface area contributed by atoms with Crippen LogP contribution in [0.3, 0.4) is 0 Å². The number of benzene rings is 4. The molecular formula is C93H112N20O12. The summed E-state index contributed by atoms with van der Waals surface area (Å²) in [5.74, 6) is -6.22. The average Bonchev–Trinajstić information content (AvgIpc) is 0.801. The average molecular weight is 1700 g/mol. The molecule has 4 aromatic carbocycles. The molecule has 4 aromatic heterocycles. The molecule has 16 rings (SSSR count). The third-order valence-electron chi connectivity index (χ3n) is 23.7. The number of carbonyl (C=O) groups is 12. The summed E-state index contributed by atoms with van der Waals surface area (Å²) in [7, 11) is 0. The lowest BCUT2D eigenvalue weighted by Crippen LogP contribution is -2.46. The van der Waals surface area contributed by atoms with Gasteiger partial charge in [-0.1, -0.05) is 76.2 Å². The highest BCUT2D eigenvalue weighted by molar-refractivity contribution is 6.41. The minimum absolute atomic E-state index is 0.142. The number of nitrogens with one attached hydrogen (secondary N) is 9. The first-order chi connectivity index (χ1) is 60.1. The maximum atomic E-state index is 13.1. The lowest BCUT2D eigenvalue weighted by Gasteiger charge is -2.39. The fourth-order valence-electron chi connectivity index (χ4n) is 17.0. The lowest BCUT2D eigenvalue weighted by atomic mass is 9.88. The minimum Gasteiger partial charge on any atom is -0.385 e. The number of likely N-dealkylation sites (tertiary alicyclic amines) is 3. The minimum atomic E-state index is -0.765.